The number of nitriles is 1. The van der Waals surface area contributed by atoms with Gasteiger partial charge in [0.25, 0.3) is 0 Å². The average molecular weight is 261 g/mol. The summed E-state index contributed by atoms with van der Waals surface area (Å²) in [6.07, 6.45) is 1.64. The maximum absolute atomic E-state index is 11.6. The number of aromatic nitrogens is 1. The van der Waals surface area contributed by atoms with E-state index >= 15 is 0 Å². The third kappa shape index (κ3) is 3.68. The normalized spacial score (nSPS) is 10.1. The minimum Gasteiger partial charge on any atom is -0.465 e. The van der Waals surface area contributed by atoms with Crippen LogP contribution >= 0.6 is 0 Å². The number of ether oxygens (including phenoxy) is 1. The van der Waals surface area contributed by atoms with E-state index in [9.17, 15) is 10.1 Å². The van der Waals surface area contributed by atoms with Gasteiger partial charge in [0.2, 0.25) is 0 Å². The molecular formula is C14H19N3O2. The summed E-state index contributed by atoms with van der Waals surface area (Å²) in [7, 11) is 0. The summed E-state index contributed by atoms with van der Waals surface area (Å²) in [6, 6.07) is 3.98. The summed E-state index contributed by atoms with van der Waals surface area (Å²) in [5, 5.41) is 9.23. The monoisotopic (exact) mass is 261 g/mol. The summed E-state index contributed by atoms with van der Waals surface area (Å²) in [5.41, 5.74) is 1.35. The molecular weight excluding hydrogens is 242 g/mol. The Morgan fingerprint density at radius 1 is 1.58 bits per heavy atom. The molecule has 0 saturated heterocycles. The van der Waals surface area contributed by atoms with Crippen LogP contribution in [-0.2, 0) is 9.53 Å². The zero-order valence-corrected chi connectivity index (χ0v) is 11.8. The molecule has 0 amide bonds. The molecule has 0 atom stereocenters. The van der Waals surface area contributed by atoms with Crippen molar-refractivity contribution in [1.82, 2.24) is 4.98 Å². The number of carbonyl (C=O) groups excluding carboxylic acids is 1. The quantitative estimate of drug-likeness (QED) is 0.759. The molecule has 1 heterocycles. The third-order valence-electron chi connectivity index (χ3n) is 2.75. The minimum atomic E-state index is -0.316. The molecule has 1 aromatic heterocycles. The standard InChI is InChI=1S/C14H19N3O2/c1-5-19-13(18)9-17(10(2)3)14-12(8-15)11(4)6-7-16-14/h6-7,10H,5,9H2,1-4H3. The highest BCUT2D eigenvalue weighted by Crippen LogP contribution is 2.21. The van der Waals surface area contributed by atoms with Crippen molar-refractivity contribution in [2.75, 3.05) is 18.1 Å². The lowest BCUT2D eigenvalue weighted by molar-refractivity contribution is -0.141. The Bertz CT molecular complexity index is 492. The van der Waals surface area contributed by atoms with Crippen LogP contribution in [0.5, 0.6) is 0 Å². The Hall–Kier alpha value is -2.09. The molecule has 5 heteroatoms. The van der Waals surface area contributed by atoms with Crippen LogP contribution in [0.2, 0.25) is 0 Å². The van der Waals surface area contributed by atoms with Crippen molar-refractivity contribution in [3.63, 3.8) is 0 Å². The molecule has 0 radical (unpaired) electrons. The lowest BCUT2D eigenvalue weighted by atomic mass is 10.1. The van der Waals surface area contributed by atoms with Crippen molar-refractivity contribution >= 4 is 11.8 Å². The highest BCUT2D eigenvalue weighted by molar-refractivity contribution is 5.76. The minimum absolute atomic E-state index is 0.0470. The number of nitrogens with zero attached hydrogens (tertiary/aromatic N) is 3. The number of hydrogen-bond donors (Lipinski definition) is 0. The van der Waals surface area contributed by atoms with Crippen LogP contribution in [0.4, 0.5) is 5.82 Å². The predicted octanol–water partition coefficient (Wildman–Crippen LogP) is 2.04. The molecule has 0 aliphatic rings. The summed E-state index contributed by atoms with van der Waals surface area (Å²) in [6.45, 7) is 7.96. The van der Waals surface area contributed by atoms with Crippen molar-refractivity contribution in [3.05, 3.63) is 23.4 Å². The van der Waals surface area contributed by atoms with Gasteiger partial charge in [0.15, 0.2) is 0 Å². The number of aryl methyl sites for hydroxylation is 1. The molecule has 102 valence electrons. The fourth-order valence-electron chi connectivity index (χ4n) is 1.75. The first kappa shape index (κ1) is 15.0. The van der Waals surface area contributed by atoms with E-state index in [0.717, 1.165) is 5.56 Å². The van der Waals surface area contributed by atoms with Gasteiger partial charge in [-0.1, -0.05) is 0 Å². The maximum Gasteiger partial charge on any atom is 0.325 e. The fraction of sp³-hybridized carbons (Fsp3) is 0.500. The molecule has 5 nitrogen and oxygen atoms in total. The molecule has 1 rings (SSSR count). The molecule has 0 aliphatic carbocycles. The van der Waals surface area contributed by atoms with Crippen LogP contribution in [-0.4, -0.2) is 30.1 Å². The van der Waals surface area contributed by atoms with Crippen LogP contribution in [0.1, 0.15) is 31.9 Å². The highest BCUT2D eigenvalue weighted by atomic mass is 16.5. The van der Waals surface area contributed by atoms with E-state index in [1.54, 1.807) is 24.1 Å². The molecule has 0 unspecified atom stereocenters. The van der Waals surface area contributed by atoms with Gasteiger partial charge < -0.3 is 9.64 Å². The second-order valence-electron chi connectivity index (χ2n) is 4.46. The number of carbonyl (C=O) groups is 1. The summed E-state index contributed by atoms with van der Waals surface area (Å²) in [4.78, 5) is 17.7. The number of anilines is 1. The maximum atomic E-state index is 11.6. The number of pyridine rings is 1. The second kappa shape index (κ2) is 6.74. The first-order valence-corrected chi connectivity index (χ1v) is 6.29. The molecule has 19 heavy (non-hydrogen) atoms. The van der Waals surface area contributed by atoms with Gasteiger partial charge in [0.05, 0.1) is 12.2 Å². The molecule has 0 saturated carbocycles. The Kier molecular flexibility index (Phi) is 5.31. The molecule has 1 aromatic rings. The van der Waals surface area contributed by atoms with E-state index in [1.807, 2.05) is 20.8 Å². The Morgan fingerprint density at radius 3 is 2.79 bits per heavy atom. The third-order valence-corrected chi connectivity index (χ3v) is 2.75. The topological polar surface area (TPSA) is 66.2 Å². The Labute approximate surface area is 113 Å². The van der Waals surface area contributed by atoms with Crippen molar-refractivity contribution < 1.29 is 9.53 Å². The summed E-state index contributed by atoms with van der Waals surface area (Å²) >= 11 is 0. The van der Waals surface area contributed by atoms with E-state index in [-0.39, 0.29) is 18.6 Å². The Balaban J connectivity index is 3.10. The van der Waals surface area contributed by atoms with E-state index in [1.165, 1.54) is 0 Å². The van der Waals surface area contributed by atoms with E-state index in [4.69, 9.17) is 4.74 Å². The van der Waals surface area contributed by atoms with Gasteiger partial charge in [-0.15, -0.1) is 0 Å². The van der Waals surface area contributed by atoms with Gasteiger partial charge in [-0.25, -0.2) is 4.98 Å². The van der Waals surface area contributed by atoms with Crippen molar-refractivity contribution in [1.29, 1.82) is 5.26 Å². The molecule has 0 N–H and O–H groups in total. The average Bonchev–Trinajstić information content (AvgIpc) is 2.35. The van der Waals surface area contributed by atoms with Crippen LogP contribution in [0.25, 0.3) is 0 Å². The van der Waals surface area contributed by atoms with E-state index in [0.29, 0.717) is 18.0 Å². The van der Waals surface area contributed by atoms with Crippen LogP contribution < -0.4 is 4.90 Å². The molecule has 0 aliphatic heterocycles. The predicted molar refractivity (Wildman–Crippen MR) is 72.8 cm³/mol. The first-order valence-electron chi connectivity index (χ1n) is 6.29. The summed E-state index contributed by atoms with van der Waals surface area (Å²) < 4.78 is 4.96. The van der Waals surface area contributed by atoms with Crippen molar-refractivity contribution in [3.8, 4) is 6.07 Å². The van der Waals surface area contributed by atoms with Crippen LogP contribution in [0, 0.1) is 18.3 Å². The Morgan fingerprint density at radius 2 is 2.26 bits per heavy atom. The fourth-order valence-corrected chi connectivity index (χ4v) is 1.75. The van der Waals surface area contributed by atoms with Gasteiger partial charge in [-0.2, -0.15) is 5.26 Å². The number of rotatable bonds is 5. The van der Waals surface area contributed by atoms with Gasteiger partial charge in [-0.3, -0.25) is 4.79 Å². The molecule has 0 spiro atoms. The van der Waals surface area contributed by atoms with Gasteiger partial charge in [-0.05, 0) is 39.3 Å². The van der Waals surface area contributed by atoms with Gasteiger partial charge in [0.1, 0.15) is 18.4 Å². The second-order valence-corrected chi connectivity index (χ2v) is 4.46. The first-order chi connectivity index (χ1) is 9.01. The van der Waals surface area contributed by atoms with Gasteiger partial charge in [0, 0.05) is 12.2 Å². The number of esters is 1. The smallest absolute Gasteiger partial charge is 0.325 e. The van der Waals surface area contributed by atoms with Crippen LogP contribution in [0.3, 0.4) is 0 Å². The highest BCUT2D eigenvalue weighted by Gasteiger charge is 2.20. The molecule has 0 fully saturated rings. The molecule has 0 aromatic carbocycles. The zero-order chi connectivity index (χ0) is 14.4. The largest absolute Gasteiger partial charge is 0.465 e. The zero-order valence-electron chi connectivity index (χ0n) is 11.8. The number of hydrogen-bond acceptors (Lipinski definition) is 5. The SMILES string of the molecule is CCOC(=O)CN(c1nccc(C)c1C#N)C(C)C. The molecule has 0 bridgehead atoms. The van der Waals surface area contributed by atoms with E-state index < -0.39 is 0 Å². The summed E-state index contributed by atoms with van der Waals surface area (Å²) in [5.74, 6) is 0.217. The lowest BCUT2D eigenvalue weighted by Crippen LogP contribution is -2.37. The van der Waals surface area contributed by atoms with Crippen LogP contribution in [0.15, 0.2) is 12.3 Å². The van der Waals surface area contributed by atoms with Crippen molar-refractivity contribution in [2.24, 2.45) is 0 Å². The van der Waals surface area contributed by atoms with E-state index in [2.05, 4.69) is 11.1 Å². The van der Waals surface area contributed by atoms with Gasteiger partial charge >= 0.3 is 5.97 Å². The lowest BCUT2D eigenvalue weighted by Gasteiger charge is -2.27. The van der Waals surface area contributed by atoms with Crippen molar-refractivity contribution in [2.45, 2.75) is 33.7 Å².